The minimum Gasteiger partial charge on any atom is -0.459 e. The van der Waals surface area contributed by atoms with Crippen LogP contribution < -0.4 is 0 Å². The highest BCUT2D eigenvalue weighted by Gasteiger charge is 2.51. The van der Waals surface area contributed by atoms with E-state index in [1.54, 1.807) is 38.1 Å². The van der Waals surface area contributed by atoms with Gasteiger partial charge in [0.25, 0.3) is 0 Å². The lowest BCUT2D eigenvalue weighted by molar-refractivity contribution is -0.162. The molecular weight excluding hydrogens is 404 g/mol. The van der Waals surface area contributed by atoms with Crippen molar-refractivity contribution in [2.45, 2.75) is 83.0 Å². The lowest BCUT2D eigenvalue weighted by Gasteiger charge is -2.41. The van der Waals surface area contributed by atoms with Crippen LogP contribution in [0.5, 0.6) is 0 Å². The van der Waals surface area contributed by atoms with Gasteiger partial charge in [-0.2, -0.15) is 0 Å². The van der Waals surface area contributed by atoms with E-state index in [-0.39, 0.29) is 11.6 Å². The molecule has 1 unspecified atom stereocenters. The molecule has 30 heavy (non-hydrogen) atoms. The van der Waals surface area contributed by atoms with Gasteiger partial charge >= 0.3 is 5.97 Å². The number of aliphatic hydroxyl groups is 2. The van der Waals surface area contributed by atoms with Crippen molar-refractivity contribution in [1.82, 2.24) is 0 Å². The van der Waals surface area contributed by atoms with Gasteiger partial charge in [-0.05, 0) is 44.1 Å². The fraction of sp³-hybridized carbons (Fsp3) is 0.682. The molecule has 2 rings (SSSR count). The van der Waals surface area contributed by atoms with Gasteiger partial charge in [0, 0.05) is 0 Å². The zero-order valence-electron chi connectivity index (χ0n) is 19.0. The summed E-state index contributed by atoms with van der Waals surface area (Å²) in [5, 5.41) is 19.7. The molecule has 1 aliphatic heterocycles. The van der Waals surface area contributed by atoms with Crippen molar-refractivity contribution in [3.63, 3.8) is 0 Å². The molecule has 1 aliphatic rings. The molecule has 0 bridgehead atoms. The van der Waals surface area contributed by atoms with E-state index in [2.05, 4.69) is 33.9 Å². The van der Waals surface area contributed by atoms with Crippen molar-refractivity contribution in [1.29, 1.82) is 0 Å². The molecule has 0 aromatic heterocycles. The minimum absolute atomic E-state index is 0.0566. The number of hydrogen-bond acceptors (Lipinski definition) is 7. The molecule has 0 spiro atoms. The monoisotopic (exact) mass is 440 g/mol. The number of rotatable bonds is 8. The largest absolute Gasteiger partial charge is 0.459 e. The van der Waals surface area contributed by atoms with Gasteiger partial charge in [-0.15, -0.1) is 0 Å². The molecule has 1 fully saturated rings. The molecule has 0 saturated carbocycles. The van der Waals surface area contributed by atoms with Crippen molar-refractivity contribution in [2.75, 3.05) is 13.2 Å². The van der Waals surface area contributed by atoms with E-state index in [0.717, 1.165) is 0 Å². The fourth-order valence-corrected chi connectivity index (χ4v) is 4.39. The maximum Gasteiger partial charge on any atom is 0.338 e. The third-order valence-corrected chi connectivity index (χ3v) is 10.2. The predicted octanol–water partition coefficient (Wildman–Crippen LogP) is 3.11. The molecule has 170 valence electrons. The first-order valence-corrected chi connectivity index (χ1v) is 13.2. The number of hydrogen-bond donors (Lipinski definition) is 2. The summed E-state index contributed by atoms with van der Waals surface area (Å²) in [5.74, 6) is -1.43. The Hall–Kier alpha value is -1.29. The smallest absolute Gasteiger partial charge is 0.338 e. The van der Waals surface area contributed by atoms with Crippen molar-refractivity contribution in [3.05, 3.63) is 35.9 Å². The standard InChI is InChI=1S/C22H36O7Si/c1-21(2,3)30(6,7)29-17(14-26-20(25)15-11-9-8-10-12-15)19-18(16(24)13-23)27-22(4,5)28-19/h8-12,16-19,23-24H,13-14H2,1-7H3/t16?,17-,18+,19-/m1/s1. The summed E-state index contributed by atoms with van der Waals surface area (Å²) in [5.41, 5.74) is 0.444. The quantitative estimate of drug-likeness (QED) is 0.474. The van der Waals surface area contributed by atoms with Gasteiger partial charge in [0.2, 0.25) is 0 Å². The van der Waals surface area contributed by atoms with E-state index in [1.165, 1.54) is 0 Å². The molecule has 0 aliphatic carbocycles. The Balaban J connectivity index is 2.27. The Labute approximate surface area is 180 Å². The zero-order valence-corrected chi connectivity index (χ0v) is 20.0. The number of carbonyl (C=O) groups is 1. The van der Waals surface area contributed by atoms with E-state index < -0.39 is 51.1 Å². The highest BCUT2D eigenvalue weighted by Crippen LogP contribution is 2.40. The van der Waals surface area contributed by atoms with Crippen LogP contribution in [0.25, 0.3) is 0 Å². The number of ether oxygens (including phenoxy) is 3. The van der Waals surface area contributed by atoms with Crippen molar-refractivity contribution < 1.29 is 33.6 Å². The topological polar surface area (TPSA) is 94.5 Å². The zero-order chi connectivity index (χ0) is 22.7. The minimum atomic E-state index is -2.28. The van der Waals surface area contributed by atoms with Crippen LogP contribution in [-0.4, -0.2) is 67.9 Å². The summed E-state index contributed by atoms with van der Waals surface area (Å²) in [6.45, 7) is 13.5. The molecule has 7 nitrogen and oxygen atoms in total. The van der Waals surface area contributed by atoms with Crippen LogP contribution in [0.1, 0.15) is 45.0 Å². The van der Waals surface area contributed by atoms with E-state index in [0.29, 0.717) is 5.56 Å². The van der Waals surface area contributed by atoms with Crippen molar-refractivity contribution in [3.8, 4) is 0 Å². The van der Waals surface area contributed by atoms with Crippen molar-refractivity contribution >= 4 is 14.3 Å². The van der Waals surface area contributed by atoms with E-state index in [4.69, 9.17) is 18.6 Å². The number of benzene rings is 1. The number of aliphatic hydroxyl groups excluding tert-OH is 2. The average molecular weight is 441 g/mol. The summed E-state index contributed by atoms with van der Waals surface area (Å²) in [7, 11) is -2.28. The van der Waals surface area contributed by atoms with Crippen LogP contribution in [0.3, 0.4) is 0 Å². The van der Waals surface area contributed by atoms with E-state index in [9.17, 15) is 15.0 Å². The van der Waals surface area contributed by atoms with Crippen LogP contribution in [0.2, 0.25) is 18.1 Å². The fourth-order valence-electron chi connectivity index (χ4n) is 3.07. The highest BCUT2D eigenvalue weighted by molar-refractivity contribution is 6.74. The first-order chi connectivity index (χ1) is 13.8. The van der Waals surface area contributed by atoms with E-state index >= 15 is 0 Å². The van der Waals surface area contributed by atoms with Crippen LogP contribution in [-0.2, 0) is 18.6 Å². The predicted molar refractivity (Wildman–Crippen MR) is 116 cm³/mol. The Morgan fingerprint density at radius 1 is 1.17 bits per heavy atom. The van der Waals surface area contributed by atoms with Gasteiger partial charge in [-0.25, -0.2) is 4.79 Å². The van der Waals surface area contributed by atoms with Crippen LogP contribution >= 0.6 is 0 Å². The summed E-state index contributed by atoms with van der Waals surface area (Å²) >= 11 is 0. The SMILES string of the molecule is CC1(C)O[C@H]([C@@H](COC(=O)c2ccccc2)O[Si](C)(C)C(C)(C)C)[C@H](C(O)CO)O1. The van der Waals surface area contributed by atoms with Gasteiger partial charge in [0.05, 0.1) is 12.2 Å². The Morgan fingerprint density at radius 3 is 2.27 bits per heavy atom. The summed E-state index contributed by atoms with van der Waals surface area (Å²) in [4.78, 5) is 12.5. The van der Waals surface area contributed by atoms with Crippen LogP contribution in [0.4, 0.5) is 0 Å². The molecule has 4 atom stereocenters. The summed E-state index contributed by atoms with van der Waals surface area (Å²) in [6, 6.07) is 8.73. The van der Waals surface area contributed by atoms with Gasteiger partial charge < -0.3 is 28.8 Å². The molecule has 1 heterocycles. The van der Waals surface area contributed by atoms with Crippen LogP contribution in [0.15, 0.2) is 30.3 Å². The maximum atomic E-state index is 12.5. The Kier molecular flexibility index (Phi) is 7.87. The summed E-state index contributed by atoms with van der Waals surface area (Å²) < 4.78 is 24.0. The Bertz CT molecular complexity index is 699. The molecule has 1 aromatic rings. The molecule has 1 saturated heterocycles. The van der Waals surface area contributed by atoms with Gasteiger partial charge in [-0.1, -0.05) is 39.0 Å². The third kappa shape index (κ3) is 6.12. The lowest BCUT2D eigenvalue weighted by Crippen LogP contribution is -2.53. The second-order valence-electron chi connectivity index (χ2n) is 9.70. The lowest BCUT2D eigenvalue weighted by atomic mass is 10.0. The van der Waals surface area contributed by atoms with Gasteiger partial charge in [-0.3, -0.25) is 0 Å². The van der Waals surface area contributed by atoms with Crippen molar-refractivity contribution in [2.24, 2.45) is 0 Å². The first kappa shape index (κ1) is 25.0. The molecule has 0 radical (unpaired) electrons. The number of esters is 1. The highest BCUT2D eigenvalue weighted by atomic mass is 28.4. The normalized spacial score (nSPS) is 23.8. The van der Waals surface area contributed by atoms with Crippen LogP contribution in [0, 0.1) is 0 Å². The number of carbonyl (C=O) groups excluding carboxylic acids is 1. The second kappa shape index (κ2) is 9.46. The van der Waals surface area contributed by atoms with Gasteiger partial charge in [0.15, 0.2) is 14.1 Å². The molecular formula is C22H36O7Si. The Morgan fingerprint density at radius 2 is 1.73 bits per heavy atom. The average Bonchev–Trinajstić information content (AvgIpc) is 2.99. The molecule has 8 heteroatoms. The van der Waals surface area contributed by atoms with Gasteiger partial charge in [0.1, 0.15) is 31.0 Å². The summed E-state index contributed by atoms with van der Waals surface area (Å²) in [6.07, 6.45) is -3.33. The molecule has 1 aromatic carbocycles. The molecule has 0 amide bonds. The third-order valence-electron chi connectivity index (χ3n) is 5.74. The maximum absolute atomic E-state index is 12.5. The second-order valence-corrected chi connectivity index (χ2v) is 14.5. The molecule has 2 N–H and O–H groups in total. The van der Waals surface area contributed by atoms with E-state index in [1.807, 2.05) is 6.07 Å². The first-order valence-electron chi connectivity index (χ1n) is 10.3.